The molecule has 0 bridgehead atoms. The molecule has 1 rings (SSSR count). The number of carboxylic acids is 1. The number of carbonyl (C=O) groups is 2. The number of anilines is 1. The fraction of sp³-hybridized carbons (Fsp3) is 0.375. The standard InChI is InChI=1S/C16H21NO3/c1-4-12(5-2)16(20)17-14-8-6-11(3)13(10-14)7-9-15(18)19/h6-10,12H,4-5H2,1-3H3,(H,17,20)(H,18,19). The maximum absolute atomic E-state index is 12.0. The van der Waals surface area contributed by atoms with E-state index in [1.165, 1.54) is 6.08 Å². The summed E-state index contributed by atoms with van der Waals surface area (Å²) in [4.78, 5) is 22.6. The third-order valence-electron chi connectivity index (χ3n) is 3.31. The van der Waals surface area contributed by atoms with Crippen molar-refractivity contribution in [1.82, 2.24) is 0 Å². The van der Waals surface area contributed by atoms with Crippen molar-refractivity contribution in [3.05, 3.63) is 35.4 Å². The van der Waals surface area contributed by atoms with Gasteiger partial charge in [-0.05, 0) is 49.1 Å². The van der Waals surface area contributed by atoms with Crippen LogP contribution in [0.5, 0.6) is 0 Å². The first-order valence-electron chi connectivity index (χ1n) is 6.80. The Hall–Kier alpha value is -2.10. The Bertz CT molecular complexity index is 516. The van der Waals surface area contributed by atoms with Crippen molar-refractivity contribution in [2.75, 3.05) is 5.32 Å². The van der Waals surface area contributed by atoms with E-state index in [2.05, 4.69) is 5.32 Å². The largest absolute Gasteiger partial charge is 0.478 e. The summed E-state index contributed by atoms with van der Waals surface area (Å²) >= 11 is 0. The lowest BCUT2D eigenvalue weighted by Gasteiger charge is -2.13. The predicted octanol–water partition coefficient (Wildman–Crippen LogP) is 3.47. The third kappa shape index (κ3) is 4.53. The van der Waals surface area contributed by atoms with Crippen LogP contribution in [-0.2, 0) is 9.59 Å². The number of carboxylic acid groups (broad SMARTS) is 1. The smallest absolute Gasteiger partial charge is 0.328 e. The van der Waals surface area contributed by atoms with Crippen molar-refractivity contribution >= 4 is 23.6 Å². The van der Waals surface area contributed by atoms with Gasteiger partial charge in [0, 0.05) is 17.7 Å². The first kappa shape index (κ1) is 16.0. The molecule has 0 aliphatic carbocycles. The van der Waals surface area contributed by atoms with Crippen molar-refractivity contribution in [1.29, 1.82) is 0 Å². The maximum Gasteiger partial charge on any atom is 0.328 e. The van der Waals surface area contributed by atoms with Crippen molar-refractivity contribution in [3.8, 4) is 0 Å². The summed E-state index contributed by atoms with van der Waals surface area (Å²) in [5, 5.41) is 11.5. The Morgan fingerprint density at radius 3 is 2.50 bits per heavy atom. The molecule has 4 heteroatoms. The maximum atomic E-state index is 12.0. The highest BCUT2D eigenvalue weighted by molar-refractivity contribution is 5.93. The van der Waals surface area contributed by atoms with Crippen LogP contribution in [0.3, 0.4) is 0 Å². The Labute approximate surface area is 119 Å². The molecule has 4 nitrogen and oxygen atoms in total. The molecule has 0 saturated carbocycles. The number of benzene rings is 1. The van der Waals surface area contributed by atoms with Gasteiger partial charge in [0.15, 0.2) is 0 Å². The lowest BCUT2D eigenvalue weighted by molar-refractivity contribution is -0.131. The van der Waals surface area contributed by atoms with Crippen LogP contribution in [-0.4, -0.2) is 17.0 Å². The lowest BCUT2D eigenvalue weighted by atomic mass is 10.0. The Balaban J connectivity index is 2.90. The number of rotatable bonds is 6. The average Bonchev–Trinajstić information content (AvgIpc) is 2.40. The minimum absolute atomic E-state index is 0.00650. The zero-order chi connectivity index (χ0) is 15.1. The second kappa shape index (κ2) is 7.48. The van der Waals surface area contributed by atoms with Crippen LogP contribution in [0.15, 0.2) is 24.3 Å². The van der Waals surface area contributed by atoms with Gasteiger partial charge in [0.25, 0.3) is 0 Å². The van der Waals surface area contributed by atoms with E-state index in [0.29, 0.717) is 5.69 Å². The molecule has 0 heterocycles. The number of hydrogen-bond donors (Lipinski definition) is 2. The highest BCUT2D eigenvalue weighted by atomic mass is 16.4. The summed E-state index contributed by atoms with van der Waals surface area (Å²) < 4.78 is 0. The van der Waals surface area contributed by atoms with Gasteiger partial charge in [-0.25, -0.2) is 4.79 Å². The number of carbonyl (C=O) groups excluding carboxylic acids is 1. The van der Waals surface area contributed by atoms with Gasteiger partial charge < -0.3 is 10.4 Å². The molecule has 0 aliphatic rings. The summed E-state index contributed by atoms with van der Waals surface area (Å²) in [5.41, 5.74) is 2.44. The molecule has 0 atom stereocenters. The van der Waals surface area contributed by atoms with Crippen molar-refractivity contribution in [3.63, 3.8) is 0 Å². The third-order valence-corrected chi connectivity index (χ3v) is 3.31. The molecule has 1 aromatic carbocycles. The highest BCUT2D eigenvalue weighted by Gasteiger charge is 2.14. The molecule has 1 amide bonds. The summed E-state index contributed by atoms with van der Waals surface area (Å²) in [6, 6.07) is 5.48. The summed E-state index contributed by atoms with van der Waals surface area (Å²) in [5.74, 6) is -0.975. The summed E-state index contributed by atoms with van der Waals surface area (Å²) in [6.07, 6.45) is 4.24. The molecular weight excluding hydrogens is 254 g/mol. The van der Waals surface area contributed by atoms with E-state index >= 15 is 0 Å². The van der Waals surface area contributed by atoms with Crippen LogP contribution >= 0.6 is 0 Å². The summed E-state index contributed by atoms with van der Waals surface area (Å²) in [6.45, 7) is 5.88. The fourth-order valence-electron chi connectivity index (χ4n) is 1.96. The van der Waals surface area contributed by atoms with Crippen molar-refractivity contribution in [2.45, 2.75) is 33.6 Å². The first-order chi connectivity index (χ1) is 9.47. The molecule has 0 unspecified atom stereocenters. The van der Waals surface area contributed by atoms with Gasteiger partial charge in [-0.1, -0.05) is 19.9 Å². The molecule has 2 N–H and O–H groups in total. The number of hydrogen-bond acceptors (Lipinski definition) is 2. The van der Waals surface area contributed by atoms with Crippen LogP contribution in [0, 0.1) is 12.8 Å². The number of aliphatic carboxylic acids is 1. The predicted molar refractivity (Wildman–Crippen MR) is 80.6 cm³/mol. The Kier molecular flexibility index (Phi) is 5.97. The molecule has 20 heavy (non-hydrogen) atoms. The van der Waals surface area contributed by atoms with E-state index in [4.69, 9.17) is 5.11 Å². The van der Waals surface area contributed by atoms with Crippen molar-refractivity contribution < 1.29 is 14.7 Å². The number of nitrogens with one attached hydrogen (secondary N) is 1. The van der Waals surface area contributed by atoms with Crippen LogP contribution in [0.1, 0.15) is 37.8 Å². The van der Waals surface area contributed by atoms with Gasteiger partial charge in [-0.2, -0.15) is 0 Å². The highest BCUT2D eigenvalue weighted by Crippen LogP contribution is 2.18. The van der Waals surface area contributed by atoms with E-state index in [1.807, 2.05) is 32.9 Å². The van der Waals surface area contributed by atoms with Gasteiger partial charge >= 0.3 is 5.97 Å². The number of aryl methyl sites for hydroxylation is 1. The van der Waals surface area contributed by atoms with Gasteiger partial charge in [0.2, 0.25) is 5.91 Å². The topological polar surface area (TPSA) is 66.4 Å². The van der Waals surface area contributed by atoms with E-state index in [9.17, 15) is 9.59 Å². The van der Waals surface area contributed by atoms with Crippen LogP contribution < -0.4 is 5.32 Å². The zero-order valence-electron chi connectivity index (χ0n) is 12.1. The minimum Gasteiger partial charge on any atom is -0.478 e. The number of amides is 1. The molecule has 0 fully saturated rings. The molecule has 0 saturated heterocycles. The van der Waals surface area contributed by atoms with Gasteiger partial charge in [0.1, 0.15) is 0 Å². The quantitative estimate of drug-likeness (QED) is 0.781. The second-order valence-corrected chi connectivity index (χ2v) is 4.75. The monoisotopic (exact) mass is 275 g/mol. The molecule has 0 aromatic heterocycles. The van der Waals surface area contributed by atoms with E-state index in [0.717, 1.165) is 30.0 Å². The second-order valence-electron chi connectivity index (χ2n) is 4.75. The Morgan fingerprint density at radius 1 is 1.30 bits per heavy atom. The zero-order valence-corrected chi connectivity index (χ0v) is 12.1. The minimum atomic E-state index is -0.990. The van der Waals surface area contributed by atoms with Gasteiger partial charge in [-0.3, -0.25) is 4.79 Å². The van der Waals surface area contributed by atoms with Crippen LogP contribution in [0.4, 0.5) is 5.69 Å². The van der Waals surface area contributed by atoms with E-state index < -0.39 is 5.97 Å². The molecule has 0 aliphatic heterocycles. The van der Waals surface area contributed by atoms with E-state index in [-0.39, 0.29) is 11.8 Å². The van der Waals surface area contributed by atoms with E-state index in [1.54, 1.807) is 6.07 Å². The Morgan fingerprint density at radius 2 is 1.95 bits per heavy atom. The molecular formula is C16H21NO3. The molecule has 1 aromatic rings. The van der Waals surface area contributed by atoms with Crippen LogP contribution in [0.2, 0.25) is 0 Å². The normalized spacial score (nSPS) is 11.0. The first-order valence-corrected chi connectivity index (χ1v) is 6.80. The lowest BCUT2D eigenvalue weighted by Crippen LogP contribution is -2.21. The molecule has 108 valence electrons. The van der Waals surface area contributed by atoms with Crippen molar-refractivity contribution in [2.24, 2.45) is 5.92 Å². The molecule has 0 spiro atoms. The fourth-order valence-corrected chi connectivity index (χ4v) is 1.96. The average molecular weight is 275 g/mol. The van der Waals surface area contributed by atoms with Crippen LogP contribution in [0.25, 0.3) is 6.08 Å². The SMILES string of the molecule is CCC(CC)C(=O)Nc1ccc(C)c(C=CC(=O)O)c1. The summed E-state index contributed by atoms with van der Waals surface area (Å²) in [7, 11) is 0. The van der Waals surface area contributed by atoms with Gasteiger partial charge in [-0.15, -0.1) is 0 Å². The van der Waals surface area contributed by atoms with Gasteiger partial charge in [0.05, 0.1) is 0 Å². The molecule has 0 radical (unpaired) electrons.